The Labute approximate surface area is 102 Å². The second-order valence-corrected chi connectivity index (χ2v) is 4.00. The van der Waals surface area contributed by atoms with Gasteiger partial charge in [-0.3, -0.25) is 5.43 Å². The first-order valence-corrected chi connectivity index (χ1v) is 5.68. The van der Waals surface area contributed by atoms with Gasteiger partial charge < -0.3 is 5.32 Å². The zero-order valence-electron chi connectivity index (χ0n) is 9.87. The van der Waals surface area contributed by atoms with Gasteiger partial charge in [0.2, 0.25) is 0 Å². The van der Waals surface area contributed by atoms with E-state index in [2.05, 4.69) is 47.9 Å². The Bertz CT molecular complexity index is 399. The van der Waals surface area contributed by atoms with Crippen molar-refractivity contribution in [3.05, 3.63) is 34.9 Å². The summed E-state index contributed by atoms with van der Waals surface area (Å²) in [6.45, 7) is 6.91. The van der Waals surface area contributed by atoms with E-state index in [4.69, 9.17) is 12.2 Å². The third-order valence-corrected chi connectivity index (χ3v) is 2.38. The molecule has 2 N–H and O–H groups in total. The van der Waals surface area contributed by atoms with Crippen LogP contribution < -0.4 is 10.7 Å². The lowest BCUT2D eigenvalue weighted by atomic mass is 10.1. The lowest BCUT2D eigenvalue weighted by Crippen LogP contribution is -2.31. The fraction of sp³-hybridized carbons (Fsp3) is 0.333. The van der Waals surface area contributed by atoms with Crippen LogP contribution in [0.3, 0.4) is 0 Å². The lowest BCUT2D eigenvalue weighted by Gasteiger charge is -2.04. The van der Waals surface area contributed by atoms with Gasteiger partial charge in [0.15, 0.2) is 5.11 Å². The molecular formula is C12H17N3S. The number of hydrazone groups is 1. The summed E-state index contributed by atoms with van der Waals surface area (Å²) in [6, 6.07) is 6.26. The van der Waals surface area contributed by atoms with Crippen molar-refractivity contribution in [1.82, 2.24) is 10.7 Å². The minimum Gasteiger partial charge on any atom is -0.362 e. The molecule has 0 spiro atoms. The van der Waals surface area contributed by atoms with E-state index in [0.29, 0.717) is 5.11 Å². The molecule has 1 rings (SSSR count). The summed E-state index contributed by atoms with van der Waals surface area (Å²) in [5.74, 6) is 0. The van der Waals surface area contributed by atoms with Gasteiger partial charge in [0, 0.05) is 6.54 Å². The Kier molecular flexibility index (Phi) is 4.92. The predicted molar refractivity (Wildman–Crippen MR) is 72.9 cm³/mol. The minimum absolute atomic E-state index is 0.545. The van der Waals surface area contributed by atoms with E-state index >= 15 is 0 Å². The topological polar surface area (TPSA) is 36.4 Å². The molecule has 16 heavy (non-hydrogen) atoms. The summed E-state index contributed by atoms with van der Waals surface area (Å²) in [5.41, 5.74) is 6.30. The fourth-order valence-electron chi connectivity index (χ4n) is 1.26. The van der Waals surface area contributed by atoms with Gasteiger partial charge in [-0.2, -0.15) is 5.10 Å². The molecule has 0 unspecified atom stereocenters. The quantitative estimate of drug-likeness (QED) is 0.479. The van der Waals surface area contributed by atoms with Crippen molar-refractivity contribution < 1.29 is 0 Å². The molecule has 0 amide bonds. The van der Waals surface area contributed by atoms with Gasteiger partial charge in [-0.1, -0.05) is 23.8 Å². The van der Waals surface area contributed by atoms with Gasteiger partial charge in [-0.25, -0.2) is 0 Å². The normalized spacial score (nSPS) is 10.4. The van der Waals surface area contributed by atoms with E-state index in [1.165, 1.54) is 11.1 Å². The SMILES string of the molecule is CCNC(=S)N/N=C\c1cc(C)ccc1C. The monoisotopic (exact) mass is 235 g/mol. The molecule has 1 aromatic rings. The fourth-order valence-corrected chi connectivity index (χ4v) is 1.46. The molecule has 0 fully saturated rings. The molecule has 0 aliphatic carbocycles. The van der Waals surface area contributed by atoms with Crippen molar-refractivity contribution in [2.45, 2.75) is 20.8 Å². The summed E-state index contributed by atoms with van der Waals surface area (Å²) >= 11 is 4.99. The molecule has 0 radical (unpaired) electrons. The van der Waals surface area contributed by atoms with Gasteiger partial charge >= 0.3 is 0 Å². The smallest absolute Gasteiger partial charge is 0.186 e. The largest absolute Gasteiger partial charge is 0.362 e. The molecule has 4 heteroatoms. The van der Waals surface area contributed by atoms with Crippen molar-refractivity contribution in [2.24, 2.45) is 5.10 Å². The first kappa shape index (κ1) is 12.6. The first-order valence-electron chi connectivity index (χ1n) is 5.27. The van der Waals surface area contributed by atoms with Gasteiger partial charge in [0.25, 0.3) is 0 Å². The van der Waals surface area contributed by atoms with Crippen molar-refractivity contribution in [2.75, 3.05) is 6.54 Å². The maximum absolute atomic E-state index is 4.99. The van der Waals surface area contributed by atoms with Gasteiger partial charge in [-0.05, 0) is 44.1 Å². The van der Waals surface area contributed by atoms with E-state index in [1.807, 2.05) is 6.92 Å². The van der Waals surface area contributed by atoms with E-state index in [0.717, 1.165) is 12.1 Å². The first-order chi connectivity index (χ1) is 7.63. The number of rotatable bonds is 3. The van der Waals surface area contributed by atoms with Crippen LogP contribution in [0.25, 0.3) is 0 Å². The predicted octanol–water partition coefficient (Wildman–Crippen LogP) is 2.12. The van der Waals surface area contributed by atoms with E-state index in [9.17, 15) is 0 Å². The standard InChI is InChI=1S/C12H17N3S/c1-4-13-12(16)15-14-8-11-7-9(2)5-6-10(11)3/h5-8H,4H2,1-3H3,(H2,13,15,16)/b14-8-. The number of nitrogens with zero attached hydrogens (tertiary/aromatic N) is 1. The Balaban J connectivity index is 2.62. The Morgan fingerprint density at radius 3 is 2.88 bits per heavy atom. The van der Waals surface area contributed by atoms with Crippen molar-refractivity contribution in [1.29, 1.82) is 0 Å². The van der Waals surface area contributed by atoms with Gasteiger partial charge in [0.1, 0.15) is 0 Å². The molecular weight excluding hydrogens is 218 g/mol. The number of hydrogen-bond donors (Lipinski definition) is 2. The van der Waals surface area contributed by atoms with Crippen LogP contribution in [-0.2, 0) is 0 Å². The van der Waals surface area contributed by atoms with Crippen molar-refractivity contribution in [3.8, 4) is 0 Å². The highest BCUT2D eigenvalue weighted by Gasteiger charge is 1.95. The van der Waals surface area contributed by atoms with Crippen LogP contribution in [0, 0.1) is 13.8 Å². The Hall–Kier alpha value is -1.42. The van der Waals surface area contributed by atoms with E-state index < -0.39 is 0 Å². The highest BCUT2D eigenvalue weighted by Crippen LogP contribution is 2.07. The van der Waals surface area contributed by atoms with Crippen LogP contribution in [0.4, 0.5) is 0 Å². The average Bonchev–Trinajstić information content (AvgIpc) is 2.23. The van der Waals surface area contributed by atoms with Crippen LogP contribution in [0.15, 0.2) is 23.3 Å². The van der Waals surface area contributed by atoms with Crippen LogP contribution in [0.2, 0.25) is 0 Å². The van der Waals surface area contributed by atoms with Crippen LogP contribution in [0.5, 0.6) is 0 Å². The Morgan fingerprint density at radius 1 is 1.44 bits per heavy atom. The average molecular weight is 235 g/mol. The third-order valence-electron chi connectivity index (χ3n) is 2.14. The maximum atomic E-state index is 4.99. The second kappa shape index (κ2) is 6.23. The third kappa shape index (κ3) is 3.98. The number of benzene rings is 1. The van der Waals surface area contributed by atoms with Gasteiger partial charge in [0.05, 0.1) is 6.21 Å². The summed E-state index contributed by atoms with van der Waals surface area (Å²) in [6.07, 6.45) is 1.78. The lowest BCUT2D eigenvalue weighted by molar-refractivity contribution is 0.904. The molecule has 0 bridgehead atoms. The highest BCUT2D eigenvalue weighted by atomic mass is 32.1. The van der Waals surface area contributed by atoms with Crippen LogP contribution in [0.1, 0.15) is 23.6 Å². The molecule has 0 atom stereocenters. The number of thiocarbonyl (C=S) groups is 1. The van der Waals surface area contributed by atoms with E-state index in [1.54, 1.807) is 6.21 Å². The second-order valence-electron chi connectivity index (χ2n) is 3.59. The van der Waals surface area contributed by atoms with Crippen LogP contribution in [-0.4, -0.2) is 17.9 Å². The molecule has 0 aliphatic rings. The van der Waals surface area contributed by atoms with Crippen LogP contribution >= 0.6 is 12.2 Å². The number of nitrogens with one attached hydrogen (secondary N) is 2. The zero-order valence-corrected chi connectivity index (χ0v) is 10.7. The molecule has 0 saturated heterocycles. The molecule has 0 aliphatic heterocycles. The molecule has 3 nitrogen and oxygen atoms in total. The summed E-state index contributed by atoms with van der Waals surface area (Å²) in [4.78, 5) is 0. The molecule has 0 aromatic heterocycles. The summed E-state index contributed by atoms with van der Waals surface area (Å²) in [7, 11) is 0. The summed E-state index contributed by atoms with van der Waals surface area (Å²) in [5, 5.41) is 7.59. The van der Waals surface area contributed by atoms with E-state index in [-0.39, 0.29) is 0 Å². The van der Waals surface area contributed by atoms with Gasteiger partial charge in [-0.15, -0.1) is 0 Å². The minimum atomic E-state index is 0.545. The molecule has 1 aromatic carbocycles. The zero-order chi connectivity index (χ0) is 12.0. The highest BCUT2D eigenvalue weighted by molar-refractivity contribution is 7.80. The number of aryl methyl sites for hydroxylation is 2. The van der Waals surface area contributed by atoms with Crippen molar-refractivity contribution in [3.63, 3.8) is 0 Å². The number of hydrogen-bond acceptors (Lipinski definition) is 2. The Morgan fingerprint density at radius 2 is 2.19 bits per heavy atom. The molecule has 86 valence electrons. The molecule has 0 heterocycles. The summed E-state index contributed by atoms with van der Waals surface area (Å²) < 4.78 is 0. The van der Waals surface area contributed by atoms with Crippen molar-refractivity contribution >= 4 is 23.5 Å². The maximum Gasteiger partial charge on any atom is 0.186 e. The molecule has 0 saturated carbocycles.